The summed E-state index contributed by atoms with van der Waals surface area (Å²) in [5.41, 5.74) is 2.60. The number of hydrogen-bond donors (Lipinski definition) is 1. The summed E-state index contributed by atoms with van der Waals surface area (Å²) >= 11 is 6.00. The van der Waals surface area contributed by atoms with Gasteiger partial charge in [0, 0.05) is 18.0 Å². The van der Waals surface area contributed by atoms with Crippen LogP contribution in [-0.2, 0) is 23.8 Å². The lowest BCUT2D eigenvalue weighted by Gasteiger charge is -2.48. The van der Waals surface area contributed by atoms with Crippen LogP contribution in [0, 0.1) is 0 Å². The van der Waals surface area contributed by atoms with Gasteiger partial charge in [0.1, 0.15) is 23.3 Å². The Morgan fingerprint density at radius 2 is 2.16 bits per heavy atom. The molecule has 3 heterocycles. The quantitative estimate of drug-likeness (QED) is 0.570. The SMILES string of the molecule is COC(=O)[C@H]1CC2c3ccccc3NC2[C@@H](C2=CCC3(C)OCOC3=C2)N1C(=O)CCl. The van der Waals surface area contributed by atoms with Crippen LogP contribution in [0.1, 0.15) is 31.2 Å². The summed E-state index contributed by atoms with van der Waals surface area (Å²) in [5.74, 6) is -0.140. The Labute approximate surface area is 186 Å². The minimum absolute atomic E-state index is 0.0537. The number of amides is 1. The van der Waals surface area contributed by atoms with Crippen molar-refractivity contribution in [1.29, 1.82) is 0 Å². The zero-order valence-electron chi connectivity index (χ0n) is 17.5. The predicted molar refractivity (Wildman–Crippen MR) is 115 cm³/mol. The molecular formula is C23H25ClN2O5. The standard InChI is InChI=1S/C23H25ClN2O5/c1-23-8-7-13(9-18(23)30-12-31-23)21-20-15(14-5-3-4-6-16(14)25-20)10-17(22(28)29-2)26(21)19(27)11-24/h3-7,9,15,17,20-21,25H,8,10-12H2,1-2H3/t15?,17-,20?,21-,23?/m1/s1. The van der Waals surface area contributed by atoms with Crippen molar-refractivity contribution in [3.63, 3.8) is 0 Å². The molecule has 0 aromatic heterocycles. The first kappa shape index (κ1) is 20.4. The van der Waals surface area contributed by atoms with Crippen molar-refractivity contribution in [3.8, 4) is 0 Å². The highest BCUT2D eigenvalue weighted by molar-refractivity contribution is 6.27. The van der Waals surface area contributed by atoms with Crippen LogP contribution < -0.4 is 5.32 Å². The number of hydrogen-bond acceptors (Lipinski definition) is 6. The van der Waals surface area contributed by atoms with Crippen molar-refractivity contribution in [2.24, 2.45) is 0 Å². The molecule has 164 valence electrons. The fourth-order valence-corrected chi connectivity index (χ4v) is 5.50. The van der Waals surface area contributed by atoms with Gasteiger partial charge in [0.25, 0.3) is 0 Å². The second kappa shape index (κ2) is 7.57. The number of halogens is 1. The molecule has 5 atom stereocenters. The van der Waals surface area contributed by atoms with E-state index >= 15 is 0 Å². The van der Waals surface area contributed by atoms with Crippen molar-refractivity contribution in [2.45, 2.75) is 49.4 Å². The maximum Gasteiger partial charge on any atom is 0.328 e. The fraction of sp³-hybridized carbons (Fsp3) is 0.478. The molecule has 1 amide bonds. The maximum absolute atomic E-state index is 13.1. The third-order valence-corrected chi connectivity index (χ3v) is 7.15. The van der Waals surface area contributed by atoms with Gasteiger partial charge in [-0.15, -0.1) is 11.6 Å². The van der Waals surface area contributed by atoms with Crippen molar-refractivity contribution >= 4 is 29.2 Å². The third kappa shape index (κ3) is 3.13. The molecule has 1 aromatic carbocycles. The second-order valence-corrected chi connectivity index (χ2v) is 8.84. The van der Waals surface area contributed by atoms with E-state index in [0.29, 0.717) is 12.8 Å². The van der Waals surface area contributed by atoms with Crippen molar-refractivity contribution in [1.82, 2.24) is 4.90 Å². The summed E-state index contributed by atoms with van der Waals surface area (Å²) < 4.78 is 16.6. The Balaban J connectivity index is 1.61. The fourth-order valence-electron chi connectivity index (χ4n) is 5.36. The summed E-state index contributed by atoms with van der Waals surface area (Å²) in [6.07, 6.45) is 5.14. The van der Waals surface area contributed by atoms with Crippen LogP contribution in [0.5, 0.6) is 0 Å². The number of para-hydroxylation sites is 1. The molecule has 1 N–H and O–H groups in total. The van der Waals surface area contributed by atoms with Gasteiger partial charge in [0.2, 0.25) is 5.91 Å². The Hall–Kier alpha value is -2.51. The van der Waals surface area contributed by atoms with Crippen LogP contribution in [0.15, 0.2) is 47.7 Å². The van der Waals surface area contributed by atoms with Gasteiger partial charge in [-0.1, -0.05) is 24.3 Å². The smallest absolute Gasteiger partial charge is 0.328 e. The van der Waals surface area contributed by atoms with E-state index < -0.39 is 23.7 Å². The molecule has 0 radical (unpaired) electrons. The molecule has 8 heteroatoms. The lowest BCUT2D eigenvalue weighted by Crippen LogP contribution is -2.62. The van der Waals surface area contributed by atoms with Crippen molar-refractivity contribution in [2.75, 3.05) is 25.1 Å². The number of esters is 1. The molecule has 0 bridgehead atoms. The number of alkyl halides is 1. The summed E-state index contributed by atoms with van der Waals surface area (Å²) in [4.78, 5) is 27.5. The number of nitrogens with zero attached hydrogens (tertiary/aromatic N) is 1. The predicted octanol–water partition coefficient (Wildman–Crippen LogP) is 2.92. The number of likely N-dealkylation sites (tertiary alicyclic amines) is 1. The van der Waals surface area contributed by atoms with E-state index in [-0.39, 0.29) is 30.5 Å². The highest BCUT2D eigenvalue weighted by Gasteiger charge is 2.53. The molecule has 3 aliphatic heterocycles. The molecule has 0 spiro atoms. The average Bonchev–Trinajstić information content (AvgIpc) is 3.36. The number of anilines is 1. The number of methoxy groups -OCH3 is 1. The first-order chi connectivity index (χ1) is 15.0. The molecule has 2 fully saturated rings. The van der Waals surface area contributed by atoms with E-state index in [1.165, 1.54) is 7.11 Å². The Kier molecular flexibility index (Phi) is 4.98. The van der Waals surface area contributed by atoms with Gasteiger partial charge in [-0.3, -0.25) is 4.79 Å². The first-order valence-corrected chi connectivity index (χ1v) is 11.0. The molecule has 4 aliphatic rings. The number of nitrogens with one attached hydrogen (secondary N) is 1. The van der Waals surface area contributed by atoms with Crippen LogP contribution in [0.2, 0.25) is 0 Å². The third-order valence-electron chi connectivity index (χ3n) is 6.92. The summed E-state index contributed by atoms with van der Waals surface area (Å²) in [6, 6.07) is 6.87. The number of rotatable bonds is 3. The van der Waals surface area contributed by atoms with Crippen LogP contribution >= 0.6 is 11.6 Å². The van der Waals surface area contributed by atoms with Gasteiger partial charge >= 0.3 is 5.97 Å². The first-order valence-electron chi connectivity index (χ1n) is 10.5. The number of carbonyl (C=O) groups excluding carboxylic acids is 2. The number of benzene rings is 1. The zero-order chi connectivity index (χ0) is 21.8. The normalized spacial score (nSPS) is 33.2. The van der Waals surface area contributed by atoms with Crippen LogP contribution in [-0.4, -0.2) is 60.3 Å². The number of ether oxygens (including phenoxy) is 3. The molecule has 5 rings (SSSR count). The molecule has 1 aliphatic carbocycles. The minimum Gasteiger partial charge on any atom is -0.469 e. The van der Waals surface area contributed by atoms with Crippen LogP contribution in [0.3, 0.4) is 0 Å². The highest BCUT2D eigenvalue weighted by atomic mass is 35.5. The molecular weight excluding hydrogens is 420 g/mol. The van der Waals surface area contributed by atoms with Crippen LogP contribution in [0.4, 0.5) is 5.69 Å². The summed E-state index contributed by atoms with van der Waals surface area (Å²) in [5, 5.41) is 3.61. The van der Waals surface area contributed by atoms with Crippen LogP contribution in [0.25, 0.3) is 0 Å². The summed E-state index contributed by atoms with van der Waals surface area (Å²) in [7, 11) is 1.35. The maximum atomic E-state index is 13.1. The average molecular weight is 445 g/mol. The Morgan fingerprint density at radius 3 is 2.94 bits per heavy atom. The van der Waals surface area contributed by atoms with Crippen molar-refractivity contribution in [3.05, 3.63) is 53.3 Å². The zero-order valence-corrected chi connectivity index (χ0v) is 18.2. The topological polar surface area (TPSA) is 77.1 Å². The highest BCUT2D eigenvalue weighted by Crippen LogP contribution is 2.48. The molecule has 1 aromatic rings. The van der Waals surface area contributed by atoms with E-state index in [1.54, 1.807) is 4.90 Å². The number of carbonyl (C=O) groups is 2. The molecule has 2 saturated heterocycles. The minimum atomic E-state index is -0.719. The van der Waals surface area contributed by atoms with Gasteiger partial charge in [-0.25, -0.2) is 4.79 Å². The van der Waals surface area contributed by atoms with E-state index in [2.05, 4.69) is 17.5 Å². The van der Waals surface area contributed by atoms with Gasteiger partial charge in [-0.05, 0) is 36.6 Å². The lowest BCUT2D eigenvalue weighted by atomic mass is 9.75. The van der Waals surface area contributed by atoms with E-state index in [4.69, 9.17) is 25.8 Å². The molecule has 7 nitrogen and oxygen atoms in total. The van der Waals surface area contributed by atoms with Gasteiger partial charge in [0.15, 0.2) is 6.79 Å². The number of piperidine rings is 1. The molecule has 0 saturated carbocycles. The van der Waals surface area contributed by atoms with E-state index in [1.807, 2.05) is 31.2 Å². The van der Waals surface area contributed by atoms with E-state index in [0.717, 1.165) is 22.6 Å². The monoisotopic (exact) mass is 444 g/mol. The van der Waals surface area contributed by atoms with Crippen molar-refractivity contribution < 1.29 is 23.8 Å². The van der Waals surface area contributed by atoms with Gasteiger partial charge < -0.3 is 24.4 Å². The second-order valence-electron chi connectivity index (χ2n) is 8.57. The summed E-state index contributed by atoms with van der Waals surface area (Å²) in [6.45, 7) is 2.20. The molecule has 31 heavy (non-hydrogen) atoms. The van der Waals surface area contributed by atoms with Gasteiger partial charge in [-0.2, -0.15) is 0 Å². The van der Waals surface area contributed by atoms with Gasteiger partial charge in [0.05, 0.1) is 19.2 Å². The van der Waals surface area contributed by atoms with E-state index in [9.17, 15) is 9.59 Å². The molecule has 3 unspecified atom stereocenters. The Bertz CT molecular complexity index is 992. The lowest BCUT2D eigenvalue weighted by molar-refractivity contribution is -0.156. The Morgan fingerprint density at radius 1 is 1.35 bits per heavy atom. The largest absolute Gasteiger partial charge is 0.469 e. The number of fused-ring (bicyclic) bond motifs is 4.